The minimum absolute atomic E-state index is 0.0720. The highest BCUT2D eigenvalue weighted by Crippen LogP contribution is 2.27. The van der Waals surface area contributed by atoms with Crippen LogP contribution in [0.25, 0.3) is 0 Å². The third kappa shape index (κ3) is 5.32. The summed E-state index contributed by atoms with van der Waals surface area (Å²) in [6, 6.07) is 6.63. The monoisotopic (exact) mass is 366 g/mol. The third-order valence-electron chi connectivity index (χ3n) is 3.34. The van der Waals surface area contributed by atoms with Gasteiger partial charge in [-0.3, -0.25) is 10.1 Å². The largest absolute Gasteiger partial charge is 0.444 e. The number of alkyl halides is 1. The number of benzene rings is 1. The van der Waals surface area contributed by atoms with E-state index in [0.717, 1.165) is 0 Å². The molecule has 1 aliphatic rings. The lowest BCUT2D eigenvalue weighted by Crippen LogP contribution is -2.50. The van der Waals surface area contributed by atoms with Gasteiger partial charge in [0.1, 0.15) is 11.4 Å². The molecule has 7 heteroatoms. The second-order valence-electron chi connectivity index (χ2n) is 6.68. The van der Waals surface area contributed by atoms with E-state index in [1.54, 1.807) is 45.0 Å². The minimum atomic E-state index is -2.16. The first-order chi connectivity index (χ1) is 11.6. The van der Waals surface area contributed by atoms with Gasteiger partial charge in [0, 0.05) is 17.0 Å². The Morgan fingerprint density at radius 3 is 2.52 bits per heavy atom. The predicted octanol–water partition coefficient (Wildman–Crippen LogP) is 3.64. The average molecular weight is 367 g/mol. The maximum atomic E-state index is 15.4. The highest BCUT2D eigenvalue weighted by Gasteiger charge is 2.37. The van der Waals surface area contributed by atoms with Gasteiger partial charge in [-0.25, -0.2) is 9.18 Å². The summed E-state index contributed by atoms with van der Waals surface area (Å²) in [6.45, 7) is 5.17. The van der Waals surface area contributed by atoms with Crippen LogP contribution in [0.3, 0.4) is 0 Å². The van der Waals surface area contributed by atoms with Crippen LogP contribution >= 0.6 is 11.6 Å². The standard InChI is InChI=1S/C18H20ClFN2O3/c1-17(2,3)25-16(24)21-15-9-6-13(11-23)18(20,22-15)10-12-4-7-14(19)8-5-12/h4-9,11,22H,10H2,1-3H3,(H,21,24). The molecule has 2 N–H and O–H groups in total. The summed E-state index contributed by atoms with van der Waals surface area (Å²) in [4.78, 5) is 23.1. The number of alkyl carbamates (subject to hydrolysis) is 1. The fourth-order valence-electron chi connectivity index (χ4n) is 2.28. The molecule has 1 aromatic carbocycles. The lowest BCUT2D eigenvalue weighted by molar-refractivity contribution is -0.106. The molecule has 134 valence electrons. The summed E-state index contributed by atoms with van der Waals surface area (Å²) in [5, 5.41) is 5.53. The van der Waals surface area contributed by atoms with Gasteiger partial charge < -0.3 is 10.1 Å². The quantitative estimate of drug-likeness (QED) is 0.630. The summed E-state index contributed by atoms with van der Waals surface area (Å²) in [6.07, 6.45) is 2.36. The number of carbonyl (C=O) groups is 2. The molecular weight excluding hydrogens is 347 g/mol. The second kappa shape index (κ2) is 7.27. The highest BCUT2D eigenvalue weighted by atomic mass is 35.5. The summed E-state index contributed by atoms with van der Waals surface area (Å²) in [5.74, 6) is -2.05. The fourth-order valence-corrected chi connectivity index (χ4v) is 2.41. The van der Waals surface area contributed by atoms with Crippen LogP contribution in [0.5, 0.6) is 0 Å². The van der Waals surface area contributed by atoms with Crippen molar-refractivity contribution in [2.75, 3.05) is 0 Å². The minimum Gasteiger partial charge on any atom is -0.444 e. The molecular formula is C18H20ClFN2O3. The van der Waals surface area contributed by atoms with Crippen LogP contribution in [0.2, 0.25) is 5.02 Å². The molecule has 1 aliphatic heterocycles. The second-order valence-corrected chi connectivity index (χ2v) is 7.11. The van der Waals surface area contributed by atoms with Gasteiger partial charge in [0.2, 0.25) is 5.79 Å². The Morgan fingerprint density at radius 1 is 1.32 bits per heavy atom. The van der Waals surface area contributed by atoms with Gasteiger partial charge in [0.25, 0.3) is 0 Å². The zero-order valence-electron chi connectivity index (χ0n) is 14.2. The third-order valence-corrected chi connectivity index (χ3v) is 3.60. The zero-order chi connectivity index (χ0) is 18.7. The van der Waals surface area contributed by atoms with Crippen molar-refractivity contribution in [1.82, 2.24) is 10.6 Å². The molecule has 25 heavy (non-hydrogen) atoms. The average Bonchev–Trinajstić information content (AvgIpc) is 2.47. The van der Waals surface area contributed by atoms with E-state index in [4.69, 9.17) is 16.3 Å². The van der Waals surface area contributed by atoms with Crippen LogP contribution in [0.4, 0.5) is 9.18 Å². The Labute approximate surface area is 150 Å². The van der Waals surface area contributed by atoms with Gasteiger partial charge in [-0.1, -0.05) is 23.7 Å². The predicted molar refractivity (Wildman–Crippen MR) is 93.7 cm³/mol. The van der Waals surface area contributed by atoms with E-state index in [-0.39, 0.29) is 17.8 Å². The number of amides is 1. The van der Waals surface area contributed by atoms with E-state index in [1.165, 1.54) is 12.2 Å². The normalized spacial score (nSPS) is 20.0. The molecule has 0 saturated carbocycles. The van der Waals surface area contributed by atoms with Crippen LogP contribution < -0.4 is 10.6 Å². The SMILES string of the molecule is CC(C)(C)OC(=O)NC1=CC=C(C=O)C(F)(Cc2ccc(Cl)cc2)N1. The number of rotatable bonds is 4. The van der Waals surface area contributed by atoms with Crippen molar-refractivity contribution in [3.8, 4) is 0 Å². The van der Waals surface area contributed by atoms with Crippen molar-refractivity contribution >= 4 is 24.0 Å². The molecule has 0 bridgehead atoms. The Balaban J connectivity index is 2.15. The first kappa shape index (κ1) is 19.0. The molecule has 1 heterocycles. The van der Waals surface area contributed by atoms with Crippen molar-refractivity contribution in [1.29, 1.82) is 0 Å². The molecule has 1 amide bonds. The van der Waals surface area contributed by atoms with E-state index < -0.39 is 17.5 Å². The van der Waals surface area contributed by atoms with Gasteiger partial charge in [0.05, 0.1) is 0 Å². The topological polar surface area (TPSA) is 67.4 Å². The number of ether oxygens (including phenoxy) is 1. The van der Waals surface area contributed by atoms with E-state index in [1.807, 2.05) is 0 Å². The molecule has 0 aromatic heterocycles. The lowest BCUT2D eigenvalue weighted by Gasteiger charge is -2.32. The van der Waals surface area contributed by atoms with Crippen LogP contribution in [0.1, 0.15) is 26.3 Å². The molecule has 0 saturated heterocycles. The smallest absolute Gasteiger partial charge is 0.413 e. The molecule has 0 spiro atoms. The number of halogens is 2. The molecule has 1 unspecified atom stereocenters. The molecule has 0 fully saturated rings. The van der Waals surface area contributed by atoms with E-state index >= 15 is 4.39 Å². The van der Waals surface area contributed by atoms with Crippen molar-refractivity contribution in [3.63, 3.8) is 0 Å². The molecule has 1 atom stereocenters. The van der Waals surface area contributed by atoms with Crippen molar-refractivity contribution < 1.29 is 18.7 Å². The number of allylic oxidation sites excluding steroid dienone is 2. The first-order valence-corrected chi connectivity index (χ1v) is 8.08. The van der Waals surface area contributed by atoms with Gasteiger partial charge in [-0.15, -0.1) is 0 Å². The molecule has 5 nitrogen and oxygen atoms in total. The molecule has 2 rings (SSSR count). The van der Waals surface area contributed by atoms with Crippen LogP contribution in [0.15, 0.2) is 47.8 Å². The number of aldehydes is 1. The fraction of sp³-hybridized carbons (Fsp3) is 0.333. The highest BCUT2D eigenvalue weighted by molar-refractivity contribution is 6.30. The number of carbonyl (C=O) groups excluding carboxylic acids is 2. The van der Waals surface area contributed by atoms with Crippen LogP contribution in [0, 0.1) is 0 Å². The number of hydrogen-bond donors (Lipinski definition) is 2. The number of hydrogen-bond acceptors (Lipinski definition) is 4. The maximum Gasteiger partial charge on any atom is 0.413 e. The van der Waals surface area contributed by atoms with Gasteiger partial charge in [0.15, 0.2) is 6.29 Å². The summed E-state index contributed by atoms with van der Waals surface area (Å²) >= 11 is 5.83. The van der Waals surface area contributed by atoms with Crippen LogP contribution in [-0.4, -0.2) is 23.8 Å². The number of dihydropyridines is 1. The van der Waals surface area contributed by atoms with E-state index in [0.29, 0.717) is 16.9 Å². The summed E-state index contributed by atoms with van der Waals surface area (Å²) in [5.41, 5.74) is -0.109. The Morgan fingerprint density at radius 2 is 1.96 bits per heavy atom. The van der Waals surface area contributed by atoms with Gasteiger partial charge in [-0.05, 0) is 50.6 Å². The lowest BCUT2D eigenvalue weighted by atomic mass is 9.94. The van der Waals surface area contributed by atoms with E-state index in [2.05, 4.69) is 10.6 Å². The van der Waals surface area contributed by atoms with Gasteiger partial charge >= 0.3 is 6.09 Å². The Hall–Kier alpha value is -2.34. The van der Waals surface area contributed by atoms with Crippen LogP contribution in [-0.2, 0) is 16.0 Å². The van der Waals surface area contributed by atoms with Gasteiger partial charge in [-0.2, -0.15) is 0 Å². The first-order valence-electron chi connectivity index (χ1n) is 7.70. The summed E-state index contributed by atoms with van der Waals surface area (Å²) < 4.78 is 20.5. The molecule has 0 aliphatic carbocycles. The van der Waals surface area contributed by atoms with E-state index in [9.17, 15) is 9.59 Å². The van der Waals surface area contributed by atoms with Crippen molar-refractivity contribution in [2.45, 2.75) is 38.6 Å². The van der Waals surface area contributed by atoms with Crippen molar-refractivity contribution in [3.05, 3.63) is 58.4 Å². The summed E-state index contributed by atoms with van der Waals surface area (Å²) in [7, 11) is 0. The Bertz CT molecular complexity index is 723. The molecule has 1 aromatic rings. The number of nitrogens with one attached hydrogen (secondary N) is 2. The maximum absolute atomic E-state index is 15.4. The van der Waals surface area contributed by atoms with Crippen molar-refractivity contribution in [2.24, 2.45) is 0 Å². The Kier molecular flexibility index (Phi) is 5.52. The zero-order valence-corrected chi connectivity index (χ0v) is 15.0. The molecule has 0 radical (unpaired) electrons.